The molecule has 55 heavy (non-hydrogen) atoms. The fourth-order valence-corrected chi connectivity index (χ4v) is 7.51. The summed E-state index contributed by atoms with van der Waals surface area (Å²) in [5.74, 6) is -5.19. The summed E-state index contributed by atoms with van der Waals surface area (Å²) in [6.45, 7) is 7.17. The lowest BCUT2D eigenvalue weighted by molar-refractivity contribution is -0.159. The zero-order valence-electron chi connectivity index (χ0n) is 32.2. The topological polar surface area (TPSA) is 202 Å². The number of aromatic nitrogens is 2. The largest absolute Gasteiger partial charge is 0.476 e. The fraction of sp³-hybridized carbons (Fsp3) is 0.605. The summed E-state index contributed by atoms with van der Waals surface area (Å²) in [7, 11) is -1.60. The average Bonchev–Trinajstić information content (AvgIpc) is 3.62. The van der Waals surface area contributed by atoms with Gasteiger partial charge in [-0.25, -0.2) is 19.5 Å². The van der Waals surface area contributed by atoms with Gasteiger partial charge in [0, 0.05) is 32.9 Å². The van der Waals surface area contributed by atoms with Crippen molar-refractivity contribution in [3.63, 3.8) is 0 Å². The molecule has 0 spiro atoms. The molecule has 1 aromatic carbocycles. The van der Waals surface area contributed by atoms with Gasteiger partial charge in [0.1, 0.15) is 11.7 Å². The number of para-hydroxylation sites is 2. The van der Waals surface area contributed by atoms with Gasteiger partial charge in [0.25, 0.3) is 0 Å². The van der Waals surface area contributed by atoms with E-state index in [-0.39, 0.29) is 38.1 Å². The van der Waals surface area contributed by atoms with E-state index >= 15 is 0 Å². The van der Waals surface area contributed by atoms with Gasteiger partial charge in [-0.1, -0.05) is 66.6 Å². The summed E-state index contributed by atoms with van der Waals surface area (Å²) >= 11 is 2.29. The molecule has 1 saturated carbocycles. The minimum absolute atomic E-state index is 0.0640. The highest BCUT2D eigenvalue weighted by Crippen LogP contribution is 2.57. The summed E-state index contributed by atoms with van der Waals surface area (Å²) in [6, 6.07) is 5.55. The van der Waals surface area contributed by atoms with Crippen LogP contribution in [0.2, 0.25) is 0 Å². The molecule has 5 atom stereocenters. The van der Waals surface area contributed by atoms with Crippen LogP contribution in [-0.2, 0) is 34.1 Å². The third-order valence-electron chi connectivity index (χ3n) is 9.69. The highest BCUT2D eigenvalue weighted by molar-refractivity contribution is 14.1. The van der Waals surface area contributed by atoms with Crippen LogP contribution in [0.15, 0.2) is 36.4 Å². The lowest BCUT2D eigenvalue weighted by atomic mass is 9.90. The number of Topliss-reactive ketones (excluding diaryl/α,β-unsaturated/α-hetero) is 1. The lowest BCUT2D eigenvalue weighted by Gasteiger charge is -2.29. The number of nitrogens with zero attached hydrogens (tertiary/aromatic N) is 4. The van der Waals surface area contributed by atoms with Crippen LogP contribution in [-0.4, -0.2) is 105 Å². The van der Waals surface area contributed by atoms with E-state index in [9.17, 15) is 37.5 Å². The number of carboxylic acids is 1. The van der Waals surface area contributed by atoms with Gasteiger partial charge >= 0.3 is 22.1 Å². The number of carboxylic acid groups (broad SMARTS) is 1. The Labute approximate surface area is 336 Å². The van der Waals surface area contributed by atoms with Crippen molar-refractivity contribution in [2.24, 2.45) is 17.3 Å². The maximum absolute atomic E-state index is 14.4. The number of hydrogen-bond donors (Lipinski definition) is 2. The second-order valence-electron chi connectivity index (χ2n) is 15.3. The highest BCUT2D eigenvalue weighted by atomic mass is 127. The normalized spacial score (nSPS) is 25.3. The van der Waals surface area contributed by atoms with Gasteiger partial charge in [-0.05, 0) is 68.9 Å². The molecule has 17 heteroatoms. The zero-order valence-corrected chi connectivity index (χ0v) is 35.2. The van der Waals surface area contributed by atoms with Gasteiger partial charge < -0.3 is 19.5 Å². The van der Waals surface area contributed by atoms with E-state index in [1.807, 2.05) is 12.2 Å². The average molecular weight is 898 g/mol. The van der Waals surface area contributed by atoms with Crippen LogP contribution >= 0.6 is 22.6 Å². The van der Waals surface area contributed by atoms with E-state index in [4.69, 9.17) is 9.47 Å². The second-order valence-corrected chi connectivity index (χ2v) is 18.7. The first-order valence-electron chi connectivity index (χ1n) is 18.5. The first-order valence-corrected chi connectivity index (χ1v) is 21.5. The van der Waals surface area contributed by atoms with Crippen molar-refractivity contribution in [1.82, 2.24) is 23.9 Å². The van der Waals surface area contributed by atoms with Crippen molar-refractivity contribution >= 4 is 73.4 Å². The predicted molar refractivity (Wildman–Crippen MR) is 213 cm³/mol. The second kappa shape index (κ2) is 18.5. The molecule has 3 heterocycles. The molecule has 2 fully saturated rings. The van der Waals surface area contributed by atoms with E-state index in [1.54, 1.807) is 45.0 Å². The number of fused-ring (bicyclic) bond motifs is 3. The van der Waals surface area contributed by atoms with Gasteiger partial charge in [-0.3, -0.25) is 19.2 Å². The number of hydrogen-bond acceptors (Lipinski definition) is 11. The van der Waals surface area contributed by atoms with Gasteiger partial charge in [0.2, 0.25) is 23.4 Å². The molecule has 3 aliphatic rings. The summed E-state index contributed by atoms with van der Waals surface area (Å²) in [6.07, 6.45) is 5.71. The standard InChI is InChI=1S/C36H47N5O10S.C2H5I/c1-35(2,3)51-29(43)17-22-13-9-7-6-8-10-14-23-19-36(23,34(47)39-52(48,49)40(4)5)20-28(42)27-18-24(21-41(27)32(22)44)50-31-30(33(45)46)37-25-15-11-12-16-26(25)38-31;1-2-3/h10-12,14-16,22-24,27H,6-9,13,17-21H2,1-5H3,(H,39,47)(H,45,46);2H2,1H3/b14-10-;/t22-,23-,24-,27+,36-;/m1./s1. The summed E-state index contributed by atoms with van der Waals surface area (Å²) in [4.78, 5) is 77.6. The Morgan fingerprint density at radius 1 is 1.09 bits per heavy atom. The summed E-state index contributed by atoms with van der Waals surface area (Å²) in [5.41, 5.74) is -1.85. The number of allylic oxidation sites excluding steroid dienone is 2. The number of halogens is 1. The predicted octanol–water partition coefficient (Wildman–Crippen LogP) is 4.87. The van der Waals surface area contributed by atoms with E-state index in [0.29, 0.717) is 30.3 Å². The van der Waals surface area contributed by atoms with Crippen molar-refractivity contribution < 1.29 is 47.0 Å². The number of amides is 2. The molecule has 2 aliphatic heterocycles. The van der Waals surface area contributed by atoms with E-state index in [0.717, 1.165) is 17.1 Å². The number of ketones is 1. The molecule has 302 valence electrons. The Morgan fingerprint density at radius 2 is 1.75 bits per heavy atom. The molecule has 0 bridgehead atoms. The van der Waals surface area contributed by atoms with E-state index in [1.165, 1.54) is 23.4 Å². The summed E-state index contributed by atoms with van der Waals surface area (Å²) in [5, 5.41) is 9.94. The van der Waals surface area contributed by atoms with Crippen LogP contribution in [0.5, 0.6) is 5.88 Å². The number of aromatic carboxylic acids is 1. The number of alkyl halides is 1. The number of nitrogens with one attached hydrogen (secondary N) is 1. The molecule has 1 saturated heterocycles. The van der Waals surface area contributed by atoms with Crippen LogP contribution in [0.4, 0.5) is 0 Å². The zero-order chi connectivity index (χ0) is 40.7. The molecule has 0 unspecified atom stereocenters. The van der Waals surface area contributed by atoms with Gasteiger partial charge in [-0.2, -0.15) is 12.7 Å². The Hall–Kier alpha value is -3.71. The first kappa shape index (κ1) is 44.0. The fourth-order valence-electron chi connectivity index (χ4n) is 6.89. The van der Waals surface area contributed by atoms with Gasteiger partial charge in [0.05, 0.1) is 35.5 Å². The van der Waals surface area contributed by atoms with Crippen LogP contribution in [0.25, 0.3) is 11.0 Å². The molecular weight excluding hydrogens is 845 g/mol. The van der Waals surface area contributed by atoms with Crippen molar-refractivity contribution in [2.75, 3.05) is 25.1 Å². The van der Waals surface area contributed by atoms with Crippen molar-refractivity contribution in [3.05, 3.63) is 42.1 Å². The SMILES string of the molecule is CCI.CN(C)S(=O)(=O)NC(=O)[C@]12CC(=O)[C@@H]3C[C@@H](Oc4nc5ccccc5nc4C(=O)O)CN3C(=O)[C@@H](CC(=O)OC(C)(C)C)CCCCC/C=C\[C@@H]1C2. The van der Waals surface area contributed by atoms with Crippen molar-refractivity contribution in [3.8, 4) is 5.88 Å². The van der Waals surface area contributed by atoms with Crippen LogP contribution in [0.3, 0.4) is 0 Å². The first-order chi connectivity index (χ1) is 25.8. The molecule has 0 radical (unpaired) electrons. The van der Waals surface area contributed by atoms with Crippen LogP contribution < -0.4 is 9.46 Å². The lowest BCUT2D eigenvalue weighted by Crippen LogP contribution is -2.47. The number of carbonyl (C=O) groups is 5. The third kappa shape index (κ3) is 11.4. The highest BCUT2D eigenvalue weighted by Gasteiger charge is 2.61. The van der Waals surface area contributed by atoms with Crippen LogP contribution in [0, 0.1) is 17.3 Å². The molecule has 2 N–H and O–H groups in total. The van der Waals surface area contributed by atoms with Crippen molar-refractivity contribution in [2.45, 2.75) is 103 Å². The van der Waals surface area contributed by atoms with Crippen molar-refractivity contribution in [1.29, 1.82) is 0 Å². The van der Waals surface area contributed by atoms with E-state index < -0.39 is 80.4 Å². The number of esters is 1. The maximum Gasteiger partial charge on any atom is 0.360 e. The monoisotopic (exact) mass is 897 g/mol. The molecule has 5 rings (SSSR count). The molecule has 2 aromatic rings. The Bertz CT molecular complexity index is 1900. The Morgan fingerprint density at radius 3 is 2.36 bits per heavy atom. The number of carbonyl (C=O) groups excluding carboxylic acids is 4. The smallest absolute Gasteiger partial charge is 0.360 e. The minimum Gasteiger partial charge on any atom is -0.476 e. The van der Waals surface area contributed by atoms with E-state index in [2.05, 4.69) is 44.2 Å². The molecule has 1 aromatic heterocycles. The minimum atomic E-state index is -4.16. The Kier molecular flexibility index (Phi) is 14.8. The molecule has 15 nitrogen and oxygen atoms in total. The molecular formula is C38H52IN5O10S. The van der Waals surface area contributed by atoms with Gasteiger partial charge in [-0.15, -0.1) is 0 Å². The summed E-state index contributed by atoms with van der Waals surface area (Å²) < 4.78 is 41.2. The molecule has 1 aliphatic carbocycles. The Balaban J connectivity index is 0.00000217. The number of rotatable bonds is 8. The number of ether oxygens (including phenoxy) is 2. The quantitative estimate of drug-likeness (QED) is 0.158. The maximum atomic E-state index is 14.4. The van der Waals surface area contributed by atoms with Gasteiger partial charge in [0.15, 0.2) is 5.78 Å². The van der Waals surface area contributed by atoms with Crippen LogP contribution in [0.1, 0.15) is 96.0 Å². The molecule has 2 amide bonds. The third-order valence-corrected chi connectivity index (χ3v) is 11.1. The number of benzene rings is 1.